The van der Waals surface area contributed by atoms with E-state index in [0.29, 0.717) is 10.8 Å². The van der Waals surface area contributed by atoms with Crippen molar-refractivity contribution in [1.82, 2.24) is 0 Å². The van der Waals surface area contributed by atoms with Crippen LogP contribution in [0.4, 0.5) is 4.39 Å². The first-order valence-corrected chi connectivity index (χ1v) is 6.55. The lowest BCUT2D eigenvalue weighted by Crippen LogP contribution is -1.91. The maximum atomic E-state index is 13.3. The topological polar surface area (TPSA) is 46.5 Å². The van der Waals surface area contributed by atoms with Gasteiger partial charge in [-0.3, -0.25) is 0 Å². The summed E-state index contributed by atoms with van der Waals surface area (Å²) < 4.78 is 18.9. The van der Waals surface area contributed by atoms with E-state index in [4.69, 9.17) is 33.0 Å². The molecule has 2 aromatic rings. The third-order valence-corrected chi connectivity index (χ3v) is 3.31. The Balaban J connectivity index is 2.39. The number of hydrogen-bond acceptors (Lipinski definition) is 2. The molecule has 0 spiro atoms. The SMILES string of the molecule is O=C(O)/C=C/c1cc(F)ccc1Oc1cccc(Cl)c1Cl. The Bertz CT molecular complexity index is 714. The van der Waals surface area contributed by atoms with Crippen molar-refractivity contribution in [2.24, 2.45) is 0 Å². The Kier molecular flexibility index (Phi) is 4.83. The summed E-state index contributed by atoms with van der Waals surface area (Å²) >= 11 is 11.9. The predicted octanol–water partition coefficient (Wildman–Crippen LogP) is 5.02. The largest absolute Gasteiger partial charge is 0.478 e. The van der Waals surface area contributed by atoms with Gasteiger partial charge in [0.2, 0.25) is 0 Å². The first-order chi connectivity index (χ1) is 9.97. The van der Waals surface area contributed by atoms with E-state index in [0.717, 1.165) is 12.1 Å². The van der Waals surface area contributed by atoms with Gasteiger partial charge in [0.05, 0.1) is 5.02 Å². The van der Waals surface area contributed by atoms with E-state index in [1.165, 1.54) is 18.2 Å². The molecule has 3 nitrogen and oxygen atoms in total. The van der Waals surface area contributed by atoms with Crippen molar-refractivity contribution in [3.63, 3.8) is 0 Å². The molecule has 1 N–H and O–H groups in total. The molecule has 0 fully saturated rings. The highest BCUT2D eigenvalue weighted by molar-refractivity contribution is 6.42. The van der Waals surface area contributed by atoms with Crippen LogP contribution in [0.3, 0.4) is 0 Å². The Morgan fingerprint density at radius 3 is 2.67 bits per heavy atom. The van der Waals surface area contributed by atoms with Gasteiger partial charge in [-0.15, -0.1) is 0 Å². The predicted molar refractivity (Wildman–Crippen MR) is 79.6 cm³/mol. The van der Waals surface area contributed by atoms with Gasteiger partial charge >= 0.3 is 5.97 Å². The Morgan fingerprint density at radius 2 is 1.95 bits per heavy atom. The maximum Gasteiger partial charge on any atom is 0.328 e. The van der Waals surface area contributed by atoms with Crippen LogP contribution in [-0.2, 0) is 4.79 Å². The highest BCUT2D eigenvalue weighted by atomic mass is 35.5. The number of halogens is 3. The van der Waals surface area contributed by atoms with Crippen LogP contribution in [0.15, 0.2) is 42.5 Å². The molecule has 0 aliphatic carbocycles. The van der Waals surface area contributed by atoms with Crippen LogP contribution in [0.5, 0.6) is 11.5 Å². The summed E-state index contributed by atoms with van der Waals surface area (Å²) in [6, 6.07) is 8.60. The minimum Gasteiger partial charge on any atom is -0.478 e. The number of hydrogen-bond donors (Lipinski definition) is 1. The van der Waals surface area contributed by atoms with Gasteiger partial charge in [-0.25, -0.2) is 9.18 Å². The normalized spacial score (nSPS) is 10.8. The van der Waals surface area contributed by atoms with Gasteiger partial charge in [0.25, 0.3) is 0 Å². The summed E-state index contributed by atoms with van der Waals surface area (Å²) in [5.41, 5.74) is 0.272. The van der Waals surface area contributed by atoms with Gasteiger partial charge in [-0.1, -0.05) is 29.3 Å². The number of aliphatic carboxylic acids is 1. The number of ether oxygens (including phenoxy) is 1. The molecule has 0 aromatic heterocycles. The average Bonchev–Trinajstić information content (AvgIpc) is 2.43. The fraction of sp³-hybridized carbons (Fsp3) is 0. The molecule has 6 heteroatoms. The summed E-state index contributed by atoms with van der Waals surface area (Å²) in [4.78, 5) is 10.6. The molecule has 2 aromatic carbocycles. The summed E-state index contributed by atoms with van der Waals surface area (Å²) in [6.45, 7) is 0. The van der Waals surface area contributed by atoms with E-state index in [1.54, 1.807) is 18.2 Å². The lowest BCUT2D eigenvalue weighted by molar-refractivity contribution is -0.131. The molecule has 0 unspecified atom stereocenters. The van der Waals surface area contributed by atoms with Crippen molar-refractivity contribution in [1.29, 1.82) is 0 Å². The monoisotopic (exact) mass is 326 g/mol. The third kappa shape index (κ3) is 3.97. The van der Waals surface area contributed by atoms with Crippen LogP contribution in [0.25, 0.3) is 6.08 Å². The minimum absolute atomic E-state index is 0.219. The molecule has 0 radical (unpaired) electrons. The third-order valence-electron chi connectivity index (χ3n) is 2.51. The molecule has 0 amide bonds. The molecular weight excluding hydrogens is 318 g/mol. The van der Waals surface area contributed by atoms with Crippen LogP contribution < -0.4 is 4.74 Å². The van der Waals surface area contributed by atoms with Crippen LogP contribution in [0, 0.1) is 5.82 Å². The average molecular weight is 327 g/mol. The second-order valence-corrected chi connectivity index (χ2v) is 4.79. The van der Waals surface area contributed by atoms with E-state index < -0.39 is 11.8 Å². The molecule has 21 heavy (non-hydrogen) atoms. The number of rotatable bonds is 4. The van der Waals surface area contributed by atoms with Crippen LogP contribution in [0.2, 0.25) is 10.0 Å². The molecule has 0 atom stereocenters. The second-order valence-electron chi connectivity index (χ2n) is 4.01. The highest BCUT2D eigenvalue weighted by Crippen LogP contribution is 2.36. The Morgan fingerprint density at radius 1 is 1.19 bits per heavy atom. The van der Waals surface area contributed by atoms with Gasteiger partial charge in [0.1, 0.15) is 22.3 Å². The van der Waals surface area contributed by atoms with E-state index in [1.807, 2.05) is 0 Å². The van der Waals surface area contributed by atoms with Crippen LogP contribution in [0.1, 0.15) is 5.56 Å². The van der Waals surface area contributed by atoms with Crippen molar-refractivity contribution in [2.45, 2.75) is 0 Å². The quantitative estimate of drug-likeness (QED) is 0.802. The number of benzene rings is 2. The van der Waals surface area contributed by atoms with Crippen molar-refractivity contribution in [3.05, 3.63) is 63.9 Å². The number of carboxylic acids is 1. The molecule has 0 aliphatic heterocycles. The van der Waals surface area contributed by atoms with E-state index in [-0.39, 0.29) is 16.3 Å². The molecule has 108 valence electrons. The van der Waals surface area contributed by atoms with E-state index in [2.05, 4.69) is 0 Å². The fourth-order valence-electron chi connectivity index (χ4n) is 1.58. The zero-order chi connectivity index (χ0) is 15.4. The van der Waals surface area contributed by atoms with Gasteiger partial charge < -0.3 is 9.84 Å². The summed E-state index contributed by atoms with van der Waals surface area (Å²) in [5.74, 6) is -1.10. The van der Waals surface area contributed by atoms with Crippen LogP contribution in [-0.4, -0.2) is 11.1 Å². The summed E-state index contributed by atoms with van der Waals surface area (Å²) in [7, 11) is 0. The maximum absolute atomic E-state index is 13.3. The molecule has 0 saturated carbocycles. The summed E-state index contributed by atoms with van der Waals surface area (Å²) in [5, 5.41) is 9.18. The standard InChI is InChI=1S/C15H9Cl2FO3/c16-11-2-1-3-13(15(11)17)21-12-6-5-10(18)8-9(12)4-7-14(19)20/h1-8H,(H,19,20)/b7-4+. The van der Waals surface area contributed by atoms with Gasteiger partial charge in [-0.2, -0.15) is 0 Å². The Hall–Kier alpha value is -2.04. The fourth-order valence-corrected chi connectivity index (χ4v) is 1.92. The lowest BCUT2D eigenvalue weighted by atomic mass is 10.2. The zero-order valence-corrected chi connectivity index (χ0v) is 12.0. The summed E-state index contributed by atoms with van der Waals surface area (Å²) in [6.07, 6.45) is 2.13. The zero-order valence-electron chi connectivity index (χ0n) is 10.5. The molecule has 2 rings (SSSR count). The van der Waals surface area contributed by atoms with E-state index in [9.17, 15) is 9.18 Å². The van der Waals surface area contributed by atoms with Gasteiger partial charge in [-0.05, 0) is 36.4 Å². The minimum atomic E-state index is -1.15. The molecule has 0 saturated heterocycles. The van der Waals surface area contributed by atoms with Crippen molar-refractivity contribution >= 4 is 35.2 Å². The molecule has 0 heterocycles. The Labute approximate surface area is 130 Å². The number of carbonyl (C=O) groups is 1. The van der Waals surface area contributed by atoms with Crippen molar-refractivity contribution < 1.29 is 19.0 Å². The van der Waals surface area contributed by atoms with Crippen LogP contribution >= 0.6 is 23.2 Å². The molecule has 0 aliphatic rings. The smallest absolute Gasteiger partial charge is 0.328 e. The van der Waals surface area contributed by atoms with E-state index >= 15 is 0 Å². The van der Waals surface area contributed by atoms with Crippen molar-refractivity contribution in [3.8, 4) is 11.5 Å². The second kappa shape index (κ2) is 6.61. The molecular formula is C15H9Cl2FO3. The lowest BCUT2D eigenvalue weighted by Gasteiger charge is -2.11. The highest BCUT2D eigenvalue weighted by Gasteiger charge is 2.10. The number of carboxylic acid groups (broad SMARTS) is 1. The van der Waals surface area contributed by atoms with Gasteiger partial charge in [0.15, 0.2) is 0 Å². The first-order valence-electron chi connectivity index (χ1n) is 5.80. The van der Waals surface area contributed by atoms with Gasteiger partial charge in [0, 0.05) is 11.6 Å². The first kappa shape index (κ1) is 15.4. The molecule has 0 bridgehead atoms. The van der Waals surface area contributed by atoms with Crippen molar-refractivity contribution in [2.75, 3.05) is 0 Å².